The van der Waals surface area contributed by atoms with Crippen LogP contribution in [-0.4, -0.2) is 40.3 Å². The summed E-state index contributed by atoms with van der Waals surface area (Å²) in [5, 5.41) is 8.25. The quantitative estimate of drug-likeness (QED) is 0.898. The van der Waals surface area contributed by atoms with Crippen LogP contribution in [0.5, 0.6) is 0 Å². The molecule has 1 N–H and O–H groups in total. The van der Waals surface area contributed by atoms with Crippen molar-refractivity contribution in [2.45, 2.75) is 26.3 Å². The number of nitrogens with zero attached hydrogens (tertiary/aromatic N) is 4. The van der Waals surface area contributed by atoms with Gasteiger partial charge in [0.15, 0.2) is 5.65 Å². The Bertz CT molecular complexity index is 634. The molecule has 0 spiro atoms. The molecule has 0 radical (unpaired) electrons. The van der Waals surface area contributed by atoms with E-state index in [1.807, 2.05) is 16.6 Å². The fraction of sp³-hybridized carbons (Fsp3) is 0.600. The summed E-state index contributed by atoms with van der Waals surface area (Å²) < 4.78 is 1.95. The van der Waals surface area contributed by atoms with Gasteiger partial charge in [0, 0.05) is 31.4 Å². The molecule has 106 valence electrons. The highest BCUT2D eigenvalue weighted by Crippen LogP contribution is 2.36. The summed E-state index contributed by atoms with van der Waals surface area (Å²) in [6.07, 6.45) is 1.16. The van der Waals surface area contributed by atoms with Gasteiger partial charge in [0.1, 0.15) is 0 Å². The summed E-state index contributed by atoms with van der Waals surface area (Å²) in [6, 6.07) is 6.73. The van der Waals surface area contributed by atoms with Crippen molar-refractivity contribution in [1.29, 1.82) is 0 Å². The minimum Gasteiger partial charge on any atom is -0.336 e. The van der Waals surface area contributed by atoms with E-state index in [1.54, 1.807) is 0 Å². The highest BCUT2D eigenvalue weighted by molar-refractivity contribution is 5.47. The van der Waals surface area contributed by atoms with E-state index in [2.05, 4.69) is 30.1 Å². The number of hydrogen-bond donors (Lipinski definition) is 1. The summed E-state index contributed by atoms with van der Waals surface area (Å²) in [5.41, 5.74) is 2.08. The average molecular weight is 271 g/mol. The van der Waals surface area contributed by atoms with Crippen LogP contribution in [0.25, 0.3) is 5.65 Å². The van der Waals surface area contributed by atoms with Gasteiger partial charge in [-0.3, -0.25) is 0 Å². The van der Waals surface area contributed by atoms with E-state index >= 15 is 0 Å². The van der Waals surface area contributed by atoms with Crippen LogP contribution in [0.3, 0.4) is 0 Å². The van der Waals surface area contributed by atoms with Crippen molar-refractivity contribution >= 4 is 11.6 Å². The van der Waals surface area contributed by atoms with Gasteiger partial charge in [-0.1, -0.05) is 13.0 Å². The molecule has 2 aliphatic heterocycles. The summed E-state index contributed by atoms with van der Waals surface area (Å²) in [5.74, 6) is 2.42. The predicted molar refractivity (Wildman–Crippen MR) is 79.0 cm³/mol. The minimum absolute atomic E-state index is 0.577. The molecule has 2 aliphatic rings. The van der Waals surface area contributed by atoms with E-state index in [0.717, 1.165) is 55.2 Å². The molecule has 20 heavy (non-hydrogen) atoms. The van der Waals surface area contributed by atoms with Crippen LogP contribution in [0, 0.1) is 18.8 Å². The second kappa shape index (κ2) is 4.45. The van der Waals surface area contributed by atoms with Crippen molar-refractivity contribution in [2.75, 3.05) is 24.5 Å². The van der Waals surface area contributed by atoms with Crippen molar-refractivity contribution in [1.82, 2.24) is 19.9 Å². The van der Waals surface area contributed by atoms with Crippen molar-refractivity contribution in [2.24, 2.45) is 11.8 Å². The first-order valence-corrected chi connectivity index (χ1v) is 7.57. The predicted octanol–water partition coefficient (Wildman–Crippen LogP) is 1.47. The van der Waals surface area contributed by atoms with E-state index in [4.69, 9.17) is 10.1 Å². The number of fused-ring (bicyclic) bond motifs is 2. The van der Waals surface area contributed by atoms with E-state index in [0.29, 0.717) is 6.04 Å². The van der Waals surface area contributed by atoms with Crippen LogP contribution in [0.15, 0.2) is 18.2 Å². The Morgan fingerprint density at radius 1 is 1.35 bits per heavy atom. The second-order valence-corrected chi connectivity index (χ2v) is 6.06. The maximum atomic E-state index is 4.74. The zero-order valence-corrected chi connectivity index (χ0v) is 12.1. The Morgan fingerprint density at radius 2 is 2.25 bits per heavy atom. The van der Waals surface area contributed by atoms with Crippen LogP contribution in [0.4, 0.5) is 5.95 Å². The molecule has 0 amide bonds. The summed E-state index contributed by atoms with van der Waals surface area (Å²) in [7, 11) is 0. The Hall–Kier alpha value is -1.62. The molecule has 2 aromatic rings. The third-order valence-electron chi connectivity index (χ3n) is 4.93. The minimum atomic E-state index is 0.577. The second-order valence-electron chi connectivity index (χ2n) is 6.06. The van der Waals surface area contributed by atoms with Crippen molar-refractivity contribution in [3.05, 3.63) is 23.9 Å². The molecule has 4 rings (SSSR count). The fourth-order valence-corrected chi connectivity index (χ4v) is 3.92. The summed E-state index contributed by atoms with van der Waals surface area (Å²) >= 11 is 0. The van der Waals surface area contributed by atoms with Gasteiger partial charge < -0.3 is 10.2 Å². The first-order valence-electron chi connectivity index (χ1n) is 7.57. The molecule has 0 aromatic carbocycles. The number of rotatable bonds is 2. The molecule has 3 atom stereocenters. The van der Waals surface area contributed by atoms with Gasteiger partial charge in [-0.25, -0.2) is 4.52 Å². The highest BCUT2D eigenvalue weighted by atomic mass is 15.4. The molecule has 5 heteroatoms. The molecular weight excluding hydrogens is 250 g/mol. The Labute approximate surface area is 119 Å². The smallest absolute Gasteiger partial charge is 0.245 e. The van der Waals surface area contributed by atoms with Gasteiger partial charge in [0.25, 0.3) is 0 Å². The van der Waals surface area contributed by atoms with E-state index in [9.17, 15) is 0 Å². The molecule has 2 fully saturated rings. The molecule has 2 saturated heterocycles. The number of hydrogen-bond acceptors (Lipinski definition) is 4. The lowest BCUT2D eigenvalue weighted by Crippen LogP contribution is -2.35. The summed E-state index contributed by atoms with van der Waals surface area (Å²) in [6.45, 7) is 7.73. The van der Waals surface area contributed by atoms with Gasteiger partial charge in [0.05, 0.1) is 0 Å². The van der Waals surface area contributed by atoms with Gasteiger partial charge in [-0.15, -0.1) is 5.10 Å². The van der Waals surface area contributed by atoms with Crippen molar-refractivity contribution in [3.63, 3.8) is 0 Å². The number of pyridine rings is 1. The maximum absolute atomic E-state index is 4.74. The average Bonchev–Trinajstić information content (AvgIpc) is 3.11. The molecule has 3 unspecified atom stereocenters. The van der Waals surface area contributed by atoms with E-state index in [1.165, 1.54) is 0 Å². The van der Waals surface area contributed by atoms with Gasteiger partial charge in [0.2, 0.25) is 5.95 Å². The first kappa shape index (κ1) is 12.1. The maximum Gasteiger partial charge on any atom is 0.245 e. The standard InChI is InChI=1S/C15H21N5/c1-3-13-12-8-16-7-11(12)9-19(13)15-17-14-6-4-5-10(2)20(14)18-15/h4-6,11-13,16H,3,7-9H2,1-2H3. The first-order chi connectivity index (χ1) is 9.78. The summed E-state index contributed by atoms with van der Waals surface area (Å²) in [4.78, 5) is 7.17. The van der Waals surface area contributed by atoms with Crippen LogP contribution in [0.2, 0.25) is 0 Å². The van der Waals surface area contributed by atoms with Crippen LogP contribution < -0.4 is 10.2 Å². The zero-order chi connectivity index (χ0) is 13.7. The third kappa shape index (κ3) is 1.66. The Kier molecular flexibility index (Phi) is 2.70. The number of aryl methyl sites for hydroxylation is 1. The number of aromatic nitrogens is 3. The van der Waals surface area contributed by atoms with Gasteiger partial charge >= 0.3 is 0 Å². The Balaban J connectivity index is 1.73. The lowest BCUT2D eigenvalue weighted by atomic mass is 9.93. The molecule has 4 heterocycles. The molecule has 5 nitrogen and oxygen atoms in total. The van der Waals surface area contributed by atoms with Crippen LogP contribution >= 0.6 is 0 Å². The molecule has 2 aromatic heterocycles. The number of nitrogens with one attached hydrogen (secondary N) is 1. The molecule has 0 aliphatic carbocycles. The van der Waals surface area contributed by atoms with Gasteiger partial charge in [-0.2, -0.15) is 4.98 Å². The lowest BCUT2D eigenvalue weighted by molar-refractivity contribution is 0.440. The van der Waals surface area contributed by atoms with Crippen molar-refractivity contribution < 1.29 is 0 Å². The third-order valence-corrected chi connectivity index (χ3v) is 4.93. The Morgan fingerprint density at radius 3 is 3.05 bits per heavy atom. The largest absolute Gasteiger partial charge is 0.336 e. The van der Waals surface area contributed by atoms with Crippen LogP contribution in [0.1, 0.15) is 19.0 Å². The van der Waals surface area contributed by atoms with E-state index in [-0.39, 0.29) is 0 Å². The van der Waals surface area contributed by atoms with Gasteiger partial charge in [-0.05, 0) is 37.3 Å². The van der Waals surface area contributed by atoms with Crippen molar-refractivity contribution in [3.8, 4) is 0 Å². The van der Waals surface area contributed by atoms with Crippen LogP contribution in [-0.2, 0) is 0 Å². The molecule has 0 saturated carbocycles. The molecular formula is C15H21N5. The SMILES string of the molecule is CCC1C2CNCC2CN1c1nc2cccc(C)n2n1. The topological polar surface area (TPSA) is 45.5 Å². The van der Waals surface area contributed by atoms with E-state index < -0.39 is 0 Å². The fourth-order valence-electron chi connectivity index (χ4n) is 3.92. The number of anilines is 1. The molecule has 0 bridgehead atoms. The monoisotopic (exact) mass is 271 g/mol. The zero-order valence-electron chi connectivity index (χ0n) is 12.1. The normalized spacial score (nSPS) is 29.3. The lowest BCUT2D eigenvalue weighted by Gasteiger charge is -2.25. The highest BCUT2D eigenvalue weighted by Gasteiger charge is 2.44.